The van der Waals surface area contributed by atoms with E-state index in [1.807, 2.05) is 0 Å². The van der Waals surface area contributed by atoms with Crippen LogP contribution in [0.5, 0.6) is 0 Å². The number of halogens is 1. The maximum Gasteiger partial charge on any atom is 0.168 e. The molecule has 0 aromatic carbocycles. The Morgan fingerprint density at radius 2 is 2.24 bits per heavy atom. The quantitative estimate of drug-likeness (QED) is 0.776. The van der Waals surface area contributed by atoms with Gasteiger partial charge < -0.3 is 19.7 Å². The second-order valence-corrected chi connectivity index (χ2v) is 5.50. The Morgan fingerprint density at radius 1 is 1.48 bits per heavy atom. The van der Waals surface area contributed by atoms with E-state index in [4.69, 9.17) is 21.1 Å². The minimum absolute atomic E-state index is 0.163. The number of aliphatic hydroxyl groups is 2. The first-order valence-corrected chi connectivity index (χ1v) is 6.72. The van der Waals surface area contributed by atoms with Crippen LogP contribution in [0.1, 0.15) is 13.2 Å². The van der Waals surface area contributed by atoms with Gasteiger partial charge in [-0.15, -0.1) is 0 Å². The topological polar surface area (TPSA) is 103 Å². The molecule has 1 fully saturated rings. The van der Waals surface area contributed by atoms with Crippen LogP contribution in [0, 0.1) is 0 Å². The fourth-order valence-electron chi connectivity index (χ4n) is 2.54. The minimum atomic E-state index is -1.52. The SMILES string of the molecule is COC[C@H]1OC(n2cnc3c(Cl)ncnc32)[C@](C)(O)[C@@H]1O. The average Bonchev–Trinajstić information content (AvgIpc) is 2.95. The molecule has 1 aliphatic heterocycles. The summed E-state index contributed by atoms with van der Waals surface area (Å²) in [6.45, 7) is 1.66. The number of rotatable bonds is 3. The molecule has 9 heteroatoms. The molecule has 2 aromatic heterocycles. The molecule has 0 radical (unpaired) electrons. The van der Waals surface area contributed by atoms with Gasteiger partial charge in [-0.3, -0.25) is 4.57 Å². The number of aliphatic hydroxyl groups excluding tert-OH is 1. The lowest BCUT2D eigenvalue weighted by Crippen LogP contribution is -2.44. The Bertz CT molecular complexity index is 662. The molecule has 4 atom stereocenters. The van der Waals surface area contributed by atoms with Crippen molar-refractivity contribution >= 4 is 22.8 Å². The Hall–Kier alpha value is -1.32. The molecule has 114 valence electrons. The van der Waals surface area contributed by atoms with Crippen LogP contribution in [0.2, 0.25) is 5.15 Å². The van der Waals surface area contributed by atoms with Crippen LogP contribution in [0.4, 0.5) is 0 Å². The predicted molar refractivity (Wildman–Crippen MR) is 72.7 cm³/mol. The molecule has 2 N–H and O–H groups in total. The van der Waals surface area contributed by atoms with E-state index < -0.39 is 24.0 Å². The predicted octanol–water partition coefficient (Wildman–Crippen LogP) is 0.135. The molecule has 1 aliphatic rings. The van der Waals surface area contributed by atoms with Crippen molar-refractivity contribution in [1.29, 1.82) is 0 Å². The van der Waals surface area contributed by atoms with E-state index in [2.05, 4.69) is 15.0 Å². The van der Waals surface area contributed by atoms with Gasteiger partial charge in [-0.25, -0.2) is 15.0 Å². The van der Waals surface area contributed by atoms with Gasteiger partial charge >= 0.3 is 0 Å². The smallest absolute Gasteiger partial charge is 0.168 e. The monoisotopic (exact) mass is 314 g/mol. The third-order valence-corrected chi connectivity index (χ3v) is 3.93. The van der Waals surface area contributed by atoms with Gasteiger partial charge in [-0.05, 0) is 6.92 Å². The van der Waals surface area contributed by atoms with E-state index in [0.29, 0.717) is 11.2 Å². The molecule has 8 nitrogen and oxygen atoms in total. The lowest BCUT2D eigenvalue weighted by atomic mass is 9.96. The molecule has 1 unspecified atom stereocenters. The first-order valence-electron chi connectivity index (χ1n) is 6.34. The average molecular weight is 315 g/mol. The van der Waals surface area contributed by atoms with E-state index in [1.54, 1.807) is 0 Å². The highest BCUT2D eigenvalue weighted by Crippen LogP contribution is 2.39. The van der Waals surface area contributed by atoms with Crippen LogP contribution in [0.3, 0.4) is 0 Å². The zero-order chi connectivity index (χ0) is 15.2. The number of hydrogen-bond donors (Lipinski definition) is 2. The van der Waals surface area contributed by atoms with Crippen LogP contribution >= 0.6 is 11.6 Å². The highest BCUT2D eigenvalue weighted by atomic mass is 35.5. The third kappa shape index (κ3) is 2.19. The number of nitrogens with zero attached hydrogens (tertiary/aromatic N) is 4. The van der Waals surface area contributed by atoms with Gasteiger partial charge in [0.2, 0.25) is 0 Å². The fourth-order valence-corrected chi connectivity index (χ4v) is 2.71. The first-order chi connectivity index (χ1) is 9.96. The normalized spacial score (nSPS) is 32.9. The van der Waals surface area contributed by atoms with Crippen LogP contribution in [0.15, 0.2) is 12.7 Å². The molecule has 2 aromatic rings. The van der Waals surface area contributed by atoms with Gasteiger partial charge in [0, 0.05) is 7.11 Å². The Morgan fingerprint density at radius 3 is 2.95 bits per heavy atom. The van der Waals surface area contributed by atoms with E-state index >= 15 is 0 Å². The van der Waals surface area contributed by atoms with Gasteiger partial charge in [-0.1, -0.05) is 11.6 Å². The summed E-state index contributed by atoms with van der Waals surface area (Å²) in [5.74, 6) is 0. The van der Waals surface area contributed by atoms with E-state index in [0.717, 1.165) is 0 Å². The zero-order valence-electron chi connectivity index (χ0n) is 11.5. The van der Waals surface area contributed by atoms with E-state index in [-0.39, 0.29) is 11.8 Å². The number of hydrogen-bond acceptors (Lipinski definition) is 7. The van der Waals surface area contributed by atoms with Crippen molar-refractivity contribution in [1.82, 2.24) is 19.5 Å². The lowest BCUT2D eigenvalue weighted by Gasteiger charge is -2.27. The standard InChI is InChI=1S/C12H15ClN4O4/c1-12(19)8(18)6(3-20-2)21-11(12)17-5-16-7-9(13)14-4-15-10(7)17/h4-6,8,11,18-19H,3H2,1-2H3/t6-,8-,11?,12-/m1/s1. The summed E-state index contributed by atoms with van der Waals surface area (Å²) in [5.41, 5.74) is -0.692. The van der Waals surface area contributed by atoms with Crippen LogP contribution in [-0.2, 0) is 9.47 Å². The Balaban J connectivity index is 2.04. The summed E-state index contributed by atoms with van der Waals surface area (Å²) in [5, 5.41) is 21.0. The molecule has 0 bridgehead atoms. The highest BCUT2D eigenvalue weighted by molar-refractivity contribution is 6.33. The second-order valence-electron chi connectivity index (χ2n) is 5.14. The van der Waals surface area contributed by atoms with Crippen LogP contribution in [-0.4, -0.2) is 61.3 Å². The molecule has 1 saturated heterocycles. The molecular weight excluding hydrogens is 300 g/mol. The third-order valence-electron chi connectivity index (χ3n) is 3.65. The summed E-state index contributed by atoms with van der Waals surface area (Å²) in [6, 6.07) is 0. The van der Waals surface area contributed by atoms with Crippen LogP contribution in [0.25, 0.3) is 11.2 Å². The summed E-state index contributed by atoms with van der Waals surface area (Å²) in [6.07, 6.45) is 0.146. The number of ether oxygens (including phenoxy) is 2. The molecule has 3 rings (SSSR count). The zero-order valence-corrected chi connectivity index (χ0v) is 12.2. The molecular formula is C12H15ClN4O4. The largest absolute Gasteiger partial charge is 0.387 e. The Kier molecular flexibility index (Phi) is 3.58. The van der Waals surface area contributed by atoms with Crippen molar-refractivity contribution in [3.05, 3.63) is 17.8 Å². The Labute approximate surface area is 125 Å². The van der Waals surface area contributed by atoms with Crippen molar-refractivity contribution in [3.8, 4) is 0 Å². The lowest BCUT2D eigenvalue weighted by molar-refractivity contribution is -0.0956. The van der Waals surface area contributed by atoms with Gasteiger partial charge in [0.15, 0.2) is 17.0 Å². The summed E-state index contributed by atoms with van der Waals surface area (Å²) >= 11 is 5.96. The highest BCUT2D eigenvalue weighted by Gasteiger charge is 2.53. The number of methoxy groups -OCH3 is 1. The summed E-state index contributed by atoms with van der Waals surface area (Å²) in [4.78, 5) is 12.1. The molecule has 0 aliphatic carbocycles. The van der Waals surface area contributed by atoms with Gasteiger partial charge in [0.05, 0.1) is 12.9 Å². The minimum Gasteiger partial charge on any atom is -0.387 e. The second kappa shape index (κ2) is 5.15. The molecule has 3 heterocycles. The maximum atomic E-state index is 10.6. The molecule has 0 amide bonds. The summed E-state index contributed by atoms with van der Waals surface area (Å²) in [7, 11) is 1.50. The van der Waals surface area contributed by atoms with Gasteiger partial charge in [0.25, 0.3) is 0 Å². The van der Waals surface area contributed by atoms with E-state index in [1.165, 1.54) is 31.3 Å². The van der Waals surface area contributed by atoms with Crippen molar-refractivity contribution in [2.45, 2.75) is 31.0 Å². The van der Waals surface area contributed by atoms with Crippen molar-refractivity contribution in [2.75, 3.05) is 13.7 Å². The molecule has 21 heavy (non-hydrogen) atoms. The molecule has 0 spiro atoms. The van der Waals surface area contributed by atoms with Gasteiger partial charge in [-0.2, -0.15) is 0 Å². The number of fused-ring (bicyclic) bond motifs is 1. The van der Waals surface area contributed by atoms with Crippen molar-refractivity contribution < 1.29 is 19.7 Å². The fraction of sp³-hybridized carbons (Fsp3) is 0.583. The number of aromatic nitrogens is 4. The molecule has 0 saturated carbocycles. The van der Waals surface area contributed by atoms with Crippen molar-refractivity contribution in [3.63, 3.8) is 0 Å². The van der Waals surface area contributed by atoms with E-state index in [9.17, 15) is 10.2 Å². The maximum absolute atomic E-state index is 10.6. The first kappa shape index (κ1) is 14.6. The summed E-state index contributed by atoms with van der Waals surface area (Å²) < 4.78 is 12.2. The van der Waals surface area contributed by atoms with Crippen molar-refractivity contribution in [2.24, 2.45) is 0 Å². The van der Waals surface area contributed by atoms with Crippen LogP contribution < -0.4 is 0 Å². The van der Waals surface area contributed by atoms with Gasteiger partial charge in [0.1, 0.15) is 29.7 Å². The number of imidazole rings is 1.